The molecule has 32 heavy (non-hydrogen) atoms. The van der Waals surface area contributed by atoms with Gasteiger partial charge in [-0.05, 0) is 0 Å². The smallest absolute Gasteiger partial charge is 0.388 e. The molecule has 6 atom stereocenters. The highest BCUT2D eigenvalue weighted by Gasteiger charge is 2.45. The lowest BCUT2D eigenvalue weighted by Gasteiger charge is -2.19. The summed E-state index contributed by atoms with van der Waals surface area (Å²) in [6.07, 6.45) is -0.489. The van der Waals surface area contributed by atoms with E-state index in [1.54, 1.807) is 14.0 Å². The normalized spacial score (nSPS) is 27.8. The molecule has 6 unspecified atom stereocenters. The Bertz CT molecular complexity index is 1120. The maximum absolute atomic E-state index is 11.9. The summed E-state index contributed by atoms with van der Waals surface area (Å²) in [5, 5.41) is 13.4. The number of rotatable bonds is 9. The van der Waals surface area contributed by atoms with Crippen LogP contribution in [0.15, 0.2) is 12.7 Å². The van der Waals surface area contributed by atoms with Crippen molar-refractivity contribution in [1.82, 2.24) is 19.5 Å². The molecule has 0 spiro atoms. The second-order valence-corrected chi connectivity index (χ2v) is 11.0. The van der Waals surface area contributed by atoms with E-state index in [-0.39, 0.29) is 0 Å². The van der Waals surface area contributed by atoms with Crippen LogP contribution >= 0.6 is 23.5 Å². The third kappa shape index (κ3) is 5.78. The van der Waals surface area contributed by atoms with E-state index in [9.17, 15) is 28.6 Å². The number of nitrogens with one attached hydrogen (secondary N) is 1. The summed E-state index contributed by atoms with van der Waals surface area (Å²) in [6, 6.07) is 0. The Balaban J connectivity index is 1.70. The van der Waals surface area contributed by atoms with Crippen molar-refractivity contribution in [2.75, 3.05) is 19.0 Å². The Morgan fingerprint density at radius 2 is 1.81 bits per heavy atom. The van der Waals surface area contributed by atoms with Gasteiger partial charge < -0.3 is 34.7 Å². The van der Waals surface area contributed by atoms with Crippen molar-refractivity contribution in [3.05, 3.63) is 12.7 Å². The number of anilines is 1. The van der Waals surface area contributed by atoms with Crippen molar-refractivity contribution in [3.63, 3.8) is 0 Å². The first-order chi connectivity index (χ1) is 14.7. The number of ether oxygens (including phenoxy) is 1. The van der Waals surface area contributed by atoms with Gasteiger partial charge >= 0.3 is 23.5 Å². The Morgan fingerprint density at radius 3 is 2.44 bits per heavy atom. The van der Waals surface area contributed by atoms with E-state index in [0.29, 0.717) is 17.0 Å². The zero-order chi connectivity index (χ0) is 23.9. The average Bonchev–Trinajstić information content (AvgIpc) is 3.19. The third-order valence-corrected chi connectivity index (χ3v) is 8.22. The SMILES string of the molecule is CNc1ncnc2c1ncn2C1OC(COP(=O)(O)OP(=O)(O)OP(=O)(O)O)C(C)C1O. The molecule has 0 bridgehead atoms. The Kier molecular flexibility index (Phi) is 7.23. The molecule has 2 aromatic heterocycles. The highest BCUT2D eigenvalue weighted by Crippen LogP contribution is 2.66. The van der Waals surface area contributed by atoms with Gasteiger partial charge in [0.2, 0.25) is 0 Å². The highest BCUT2D eigenvalue weighted by molar-refractivity contribution is 7.66. The minimum Gasteiger partial charge on any atom is -0.388 e. The summed E-state index contributed by atoms with van der Waals surface area (Å²) < 4.78 is 53.0. The van der Waals surface area contributed by atoms with Gasteiger partial charge in [-0.2, -0.15) is 8.62 Å². The predicted molar refractivity (Wildman–Crippen MR) is 104 cm³/mol. The van der Waals surface area contributed by atoms with Gasteiger partial charge in [-0.1, -0.05) is 6.92 Å². The second kappa shape index (κ2) is 9.14. The van der Waals surface area contributed by atoms with Crippen molar-refractivity contribution in [1.29, 1.82) is 0 Å². The molecule has 0 amide bonds. The molecular weight excluding hydrogens is 499 g/mol. The summed E-state index contributed by atoms with van der Waals surface area (Å²) in [7, 11) is -14.8. The van der Waals surface area contributed by atoms with Crippen LogP contribution in [0.2, 0.25) is 0 Å². The molecule has 6 N–H and O–H groups in total. The number of imidazole rings is 1. The number of hydrogen-bond acceptors (Lipinski definition) is 12. The van der Waals surface area contributed by atoms with Crippen molar-refractivity contribution >= 4 is 40.4 Å². The number of hydrogen-bond donors (Lipinski definition) is 6. The standard InChI is InChI=1S/C12H20N5O12P3/c1-6-7(3-26-31(22,23)29-32(24,25)28-30(19,20)21)27-12(9(6)18)17-5-16-8-10(13-2)14-4-15-11(8)17/h4-7,9,12,18H,3H2,1-2H3,(H,22,23)(H,24,25)(H,13,14,15)(H2,19,20,21). The number of aliphatic hydroxyl groups is 1. The fourth-order valence-electron chi connectivity index (χ4n) is 2.98. The molecule has 1 aliphatic rings. The summed E-state index contributed by atoms with van der Waals surface area (Å²) in [6.45, 7) is 0.866. The van der Waals surface area contributed by atoms with Gasteiger partial charge in [0.15, 0.2) is 17.7 Å². The van der Waals surface area contributed by atoms with E-state index in [2.05, 4.69) is 33.4 Å². The monoisotopic (exact) mass is 519 g/mol. The van der Waals surface area contributed by atoms with Crippen molar-refractivity contribution < 1.29 is 56.3 Å². The molecule has 1 aliphatic heterocycles. The van der Waals surface area contributed by atoms with Gasteiger partial charge in [0.1, 0.15) is 17.9 Å². The summed E-state index contributed by atoms with van der Waals surface area (Å²) in [5.41, 5.74) is 0.754. The molecule has 0 aliphatic carbocycles. The van der Waals surface area contributed by atoms with Gasteiger partial charge in [0.05, 0.1) is 19.0 Å². The van der Waals surface area contributed by atoms with Gasteiger partial charge in [-0.3, -0.25) is 9.09 Å². The molecule has 180 valence electrons. The van der Waals surface area contributed by atoms with Crippen molar-refractivity contribution in [3.8, 4) is 0 Å². The van der Waals surface area contributed by atoms with Crippen LogP contribution in [0.25, 0.3) is 11.2 Å². The van der Waals surface area contributed by atoms with Gasteiger partial charge in [0, 0.05) is 13.0 Å². The number of nitrogens with zero attached hydrogens (tertiary/aromatic N) is 4. The molecule has 0 aromatic carbocycles. The quantitative estimate of drug-likeness (QED) is 0.241. The fourth-order valence-corrected chi connectivity index (χ4v) is 6.01. The van der Waals surface area contributed by atoms with Crippen LogP contribution in [0.5, 0.6) is 0 Å². The zero-order valence-corrected chi connectivity index (χ0v) is 19.1. The summed E-state index contributed by atoms with van der Waals surface area (Å²) >= 11 is 0. The number of phosphoric ester groups is 1. The zero-order valence-electron chi connectivity index (χ0n) is 16.4. The molecule has 0 saturated carbocycles. The van der Waals surface area contributed by atoms with E-state index in [1.165, 1.54) is 17.2 Å². The van der Waals surface area contributed by atoms with E-state index in [0.717, 1.165) is 0 Å². The van der Waals surface area contributed by atoms with Crippen LogP contribution in [0.1, 0.15) is 13.2 Å². The van der Waals surface area contributed by atoms with Crippen LogP contribution < -0.4 is 5.32 Å². The predicted octanol–water partition coefficient (Wildman–Crippen LogP) is 0.106. The lowest BCUT2D eigenvalue weighted by atomic mass is 10.0. The lowest BCUT2D eigenvalue weighted by Crippen LogP contribution is -2.26. The van der Waals surface area contributed by atoms with E-state index >= 15 is 0 Å². The topological polar surface area (TPSA) is 245 Å². The fraction of sp³-hybridized carbons (Fsp3) is 0.583. The minimum absolute atomic E-state index is 0.342. The minimum atomic E-state index is -5.64. The largest absolute Gasteiger partial charge is 0.490 e. The Hall–Kier alpha value is -1.32. The van der Waals surface area contributed by atoms with Crippen LogP contribution in [0, 0.1) is 5.92 Å². The third-order valence-electron chi connectivity index (χ3n) is 4.42. The highest BCUT2D eigenvalue weighted by atomic mass is 31.3. The first-order valence-electron chi connectivity index (χ1n) is 8.70. The molecule has 3 heterocycles. The van der Waals surface area contributed by atoms with E-state index in [1.807, 2.05) is 0 Å². The first kappa shape index (κ1) is 25.3. The maximum atomic E-state index is 11.9. The first-order valence-corrected chi connectivity index (χ1v) is 13.2. The molecule has 1 fully saturated rings. The lowest BCUT2D eigenvalue weighted by molar-refractivity contribution is -0.0485. The number of aromatic nitrogens is 4. The number of aliphatic hydroxyl groups excluding tert-OH is 1. The molecular formula is C12H20N5O12P3. The molecule has 3 rings (SSSR count). The van der Waals surface area contributed by atoms with Crippen molar-refractivity contribution in [2.45, 2.75) is 25.4 Å². The maximum Gasteiger partial charge on any atom is 0.490 e. The van der Waals surface area contributed by atoms with Crippen LogP contribution in [0.3, 0.4) is 0 Å². The number of fused-ring (bicyclic) bond motifs is 1. The molecule has 2 aromatic rings. The van der Waals surface area contributed by atoms with Crippen LogP contribution in [-0.4, -0.2) is 70.1 Å². The summed E-state index contributed by atoms with van der Waals surface area (Å²) in [4.78, 5) is 48.2. The van der Waals surface area contributed by atoms with Crippen LogP contribution in [-0.2, 0) is 31.6 Å². The molecule has 20 heteroatoms. The second-order valence-electron chi connectivity index (χ2n) is 6.60. The van der Waals surface area contributed by atoms with Gasteiger partial charge in [-0.25, -0.2) is 28.6 Å². The van der Waals surface area contributed by atoms with Gasteiger partial charge in [0.25, 0.3) is 0 Å². The van der Waals surface area contributed by atoms with Gasteiger partial charge in [-0.15, -0.1) is 0 Å². The molecule has 17 nitrogen and oxygen atoms in total. The van der Waals surface area contributed by atoms with E-state index < -0.39 is 54.4 Å². The van der Waals surface area contributed by atoms with Crippen molar-refractivity contribution in [2.24, 2.45) is 5.92 Å². The van der Waals surface area contributed by atoms with Crippen LogP contribution in [0.4, 0.5) is 5.82 Å². The van der Waals surface area contributed by atoms with E-state index in [4.69, 9.17) is 14.5 Å². The Labute approximate surface area is 179 Å². The average molecular weight is 519 g/mol. The molecule has 0 radical (unpaired) electrons. The molecule has 1 saturated heterocycles. The summed E-state index contributed by atoms with van der Waals surface area (Å²) in [5.74, 6) is -0.214. The number of phosphoric acid groups is 3. The Morgan fingerprint density at radius 1 is 1.12 bits per heavy atom.